The number of benzene rings is 1. The molecule has 0 aliphatic heterocycles. The van der Waals surface area contributed by atoms with Gasteiger partial charge in [-0.05, 0) is 35.6 Å². The smallest absolute Gasteiger partial charge is 0.262 e. The maximum atomic E-state index is 12.2. The highest BCUT2D eigenvalue weighted by molar-refractivity contribution is 7.16. The van der Waals surface area contributed by atoms with Gasteiger partial charge in [-0.2, -0.15) is 0 Å². The molecule has 2 aromatic heterocycles. The molecule has 0 saturated heterocycles. The second-order valence-electron chi connectivity index (χ2n) is 5.30. The third-order valence-electron chi connectivity index (χ3n) is 3.63. The van der Waals surface area contributed by atoms with Crippen molar-refractivity contribution in [2.45, 2.75) is 26.0 Å². The molecule has 0 fully saturated rings. The van der Waals surface area contributed by atoms with Gasteiger partial charge in [-0.1, -0.05) is 19.1 Å². The van der Waals surface area contributed by atoms with E-state index in [1.807, 2.05) is 29.6 Å². The molecule has 3 aromatic rings. The van der Waals surface area contributed by atoms with Gasteiger partial charge in [-0.25, -0.2) is 4.98 Å². The van der Waals surface area contributed by atoms with E-state index < -0.39 is 6.10 Å². The Morgan fingerprint density at radius 3 is 2.83 bits per heavy atom. The number of hydrogen-bond acceptors (Lipinski definition) is 5. The first-order chi connectivity index (χ1) is 11.2. The van der Waals surface area contributed by atoms with Gasteiger partial charge in [0.1, 0.15) is 23.3 Å². The van der Waals surface area contributed by atoms with Crippen molar-refractivity contribution >= 4 is 21.6 Å². The van der Waals surface area contributed by atoms with Crippen LogP contribution in [0.2, 0.25) is 0 Å². The highest BCUT2D eigenvalue weighted by Crippen LogP contribution is 2.14. The number of aryl methyl sites for hydroxylation is 1. The van der Waals surface area contributed by atoms with E-state index in [1.54, 1.807) is 6.07 Å². The van der Waals surface area contributed by atoms with Gasteiger partial charge < -0.3 is 9.84 Å². The summed E-state index contributed by atoms with van der Waals surface area (Å²) in [6, 6.07) is 9.53. The van der Waals surface area contributed by atoms with Crippen LogP contribution >= 0.6 is 11.3 Å². The second kappa shape index (κ2) is 6.93. The zero-order valence-electron chi connectivity index (χ0n) is 12.8. The lowest BCUT2D eigenvalue weighted by Gasteiger charge is -2.14. The first-order valence-corrected chi connectivity index (χ1v) is 8.37. The molecule has 5 nitrogen and oxygen atoms in total. The van der Waals surface area contributed by atoms with E-state index in [4.69, 9.17) is 4.74 Å². The second-order valence-corrected chi connectivity index (χ2v) is 6.20. The number of aliphatic hydroxyl groups is 1. The molecule has 0 amide bonds. The summed E-state index contributed by atoms with van der Waals surface area (Å²) in [5.74, 6) is 0.708. The molecule has 2 heterocycles. The quantitative estimate of drug-likeness (QED) is 0.754. The normalized spacial score (nSPS) is 12.4. The van der Waals surface area contributed by atoms with E-state index in [1.165, 1.54) is 27.8 Å². The van der Waals surface area contributed by atoms with Crippen molar-refractivity contribution in [2.24, 2.45) is 0 Å². The van der Waals surface area contributed by atoms with Crippen LogP contribution in [0.1, 0.15) is 12.5 Å². The molecule has 1 N–H and O–H groups in total. The number of ether oxygens (including phenoxy) is 1. The number of fused-ring (bicyclic) bond motifs is 1. The van der Waals surface area contributed by atoms with Crippen molar-refractivity contribution < 1.29 is 9.84 Å². The van der Waals surface area contributed by atoms with Crippen LogP contribution in [0.3, 0.4) is 0 Å². The molecule has 23 heavy (non-hydrogen) atoms. The fourth-order valence-electron chi connectivity index (χ4n) is 2.32. The molecule has 0 radical (unpaired) electrons. The van der Waals surface area contributed by atoms with Gasteiger partial charge in [0.05, 0.1) is 18.3 Å². The molecule has 0 spiro atoms. The number of aromatic nitrogens is 2. The van der Waals surface area contributed by atoms with E-state index in [9.17, 15) is 9.90 Å². The number of rotatable bonds is 6. The molecule has 0 bridgehead atoms. The predicted molar refractivity (Wildman–Crippen MR) is 91.2 cm³/mol. The summed E-state index contributed by atoms with van der Waals surface area (Å²) in [7, 11) is 0. The minimum Gasteiger partial charge on any atom is -0.491 e. The average molecular weight is 330 g/mol. The number of aliphatic hydroxyl groups excluding tert-OH is 1. The van der Waals surface area contributed by atoms with Gasteiger partial charge in [0.15, 0.2) is 0 Å². The van der Waals surface area contributed by atoms with Crippen LogP contribution in [0.5, 0.6) is 5.75 Å². The first kappa shape index (κ1) is 15.7. The molecule has 0 saturated carbocycles. The van der Waals surface area contributed by atoms with Crippen molar-refractivity contribution in [3.05, 3.63) is 58.0 Å². The molecule has 0 aliphatic carbocycles. The fourth-order valence-corrected chi connectivity index (χ4v) is 3.04. The molecule has 1 aromatic carbocycles. The van der Waals surface area contributed by atoms with E-state index in [2.05, 4.69) is 11.9 Å². The highest BCUT2D eigenvalue weighted by Gasteiger charge is 2.10. The van der Waals surface area contributed by atoms with Gasteiger partial charge in [0, 0.05) is 0 Å². The number of nitrogens with zero attached hydrogens (tertiary/aromatic N) is 2. The van der Waals surface area contributed by atoms with Crippen LogP contribution in [-0.4, -0.2) is 27.4 Å². The van der Waals surface area contributed by atoms with Crippen LogP contribution < -0.4 is 10.3 Å². The van der Waals surface area contributed by atoms with Crippen molar-refractivity contribution in [1.82, 2.24) is 9.55 Å². The molecular weight excluding hydrogens is 312 g/mol. The Labute approximate surface area is 137 Å². The predicted octanol–water partition coefficient (Wildman–Crippen LogP) is 2.46. The zero-order valence-corrected chi connectivity index (χ0v) is 13.6. The van der Waals surface area contributed by atoms with Crippen LogP contribution in [0.4, 0.5) is 0 Å². The Morgan fingerprint density at radius 1 is 1.30 bits per heavy atom. The summed E-state index contributed by atoms with van der Waals surface area (Å²) in [5, 5.41) is 12.5. The van der Waals surface area contributed by atoms with Crippen LogP contribution in [-0.2, 0) is 13.0 Å². The van der Waals surface area contributed by atoms with Crippen molar-refractivity contribution in [3.63, 3.8) is 0 Å². The van der Waals surface area contributed by atoms with Crippen molar-refractivity contribution in [1.29, 1.82) is 0 Å². The average Bonchev–Trinajstić information content (AvgIpc) is 3.05. The lowest BCUT2D eigenvalue weighted by molar-refractivity contribution is 0.0915. The Hall–Kier alpha value is -2.18. The molecule has 120 valence electrons. The summed E-state index contributed by atoms with van der Waals surface area (Å²) >= 11 is 1.43. The fraction of sp³-hybridized carbons (Fsp3) is 0.294. The molecule has 1 atom stereocenters. The van der Waals surface area contributed by atoms with Crippen LogP contribution in [0.25, 0.3) is 10.2 Å². The Kier molecular flexibility index (Phi) is 4.73. The largest absolute Gasteiger partial charge is 0.491 e. The minimum absolute atomic E-state index is 0.125. The van der Waals surface area contributed by atoms with Gasteiger partial charge in [-0.15, -0.1) is 11.3 Å². The maximum Gasteiger partial charge on any atom is 0.262 e. The summed E-state index contributed by atoms with van der Waals surface area (Å²) in [6.07, 6.45) is 1.67. The van der Waals surface area contributed by atoms with Crippen molar-refractivity contribution in [2.75, 3.05) is 6.61 Å². The van der Waals surface area contributed by atoms with E-state index in [0.717, 1.165) is 6.42 Å². The lowest BCUT2D eigenvalue weighted by Crippen LogP contribution is -2.30. The SMILES string of the molecule is CCc1ccc(OC[C@@H](O)Cn2cnc3sccc3c2=O)cc1. The monoisotopic (exact) mass is 330 g/mol. The first-order valence-electron chi connectivity index (χ1n) is 7.50. The topological polar surface area (TPSA) is 64.3 Å². The van der Waals surface area contributed by atoms with E-state index >= 15 is 0 Å². The maximum absolute atomic E-state index is 12.2. The third-order valence-corrected chi connectivity index (χ3v) is 4.45. The molecule has 6 heteroatoms. The van der Waals surface area contributed by atoms with Crippen LogP contribution in [0, 0.1) is 0 Å². The summed E-state index contributed by atoms with van der Waals surface area (Å²) < 4.78 is 6.99. The highest BCUT2D eigenvalue weighted by atomic mass is 32.1. The van der Waals surface area contributed by atoms with Crippen LogP contribution in [0.15, 0.2) is 46.8 Å². The molecule has 3 rings (SSSR count). The molecular formula is C17H18N2O3S. The Morgan fingerprint density at radius 2 is 2.09 bits per heavy atom. The Bertz CT molecular complexity index is 839. The zero-order chi connectivity index (χ0) is 16.2. The summed E-state index contributed by atoms with van der Waals surface area (Å²) in [5.41, 5.74) is 1.10. The van der Waals surface area contributed by atoms with E-state index in [0.29, 0.717) is 16.0 Å². The number of thiophene rings is 1. The molecule has 0 aliphatic rings. The summed E-state index contributed by atoms with van der Waals surface area (Å²) in [4.78, 5) is 17.2. The Balaban J connectivity index is 1.62. The standard InChI is InChI=1S/C17H18N2O3S/c1-2-12-3-5-14(6-4-12)22-10-13(20)9-19-11-18-16-15(17(19)21)7-8-23-16/h3-8,11,13,20H,2,9-10H2,1H3/t13-/m0/s1. The van der Waals surface area contributed by atoms with Crippen molar-refractivity contribution in [3.8, 4) is 5.75 Å². The number of hydrogen-bond donors (Lipinski definition) is 1. The van der Waals surface area contributed by atoms with Gasteiger partial charge in [0.25, 0.3) is 5.56 Å². The lowest BCUT2D eigenvalue weighted by atomic mass is 10.2. The van der Waals surface area contributed by atoms with Gasteiger partial charge >= 0.3 is 0 Å². The van der Waals surface area contributed by atoms with Gasteiger partial charge in [-0.3, -0.25) is 9.36 Å². The van der Waals surface area contributed by atoms with E-state index in [-0.39, 0.29) is 18.7 Å². The molecule has 0 unspecified atom stereocenters. The minimum atomic E-state index is -0.781. The van der Waals surface area contributed by atoms with Gasteiger partial charge in [0.2, 0.25) is 0 Å². The third kappa shape index (κ3) is 3.60. The summed E-state index contributed by atoms with van der Waals surface area (Å²) in [6.45, 7) is 2.37.